The Bertz CT molecular complexity index is 664. The van der Waals surface area contributed by atoms with Gasteiger partial charge in [0.15, 0.2) is 9.84 Å². The van der Waals surface area contributed by atoms with Gasteiger partial charge in [-0.05, 0) is 49.3 Å². The van der Waals surface area contributed by atoms with E-state index in [0.29, 0.717) is 23.8 Å². The first-order chi connectivity index (χ1) is 11.8. The van der Waals surface area contributed by atoms with Gasteiger partial charge in [0.1, 0.15) is 5.75 Å². The molecule has 1 atom stereocenters. The van der Waals surface area contributed by atoms with E-state index >= 15 is 0 Å². The van der Waals surface area contributed by atoms with E-state index in [1.807, 2.05) is 12.1 Å². The summed E-state index contributed by atoms with van der Waals surface area (Å²) in [6.45, 7) is 4.26. The predicted octanol–water partition coefficient (Wildman–Crippen LogP) is 4.29. The molecule has 1 aromatic carbocycles. The molecule has 1 aromatic rings. The van der Waals surface area contributed by atoms with Crippen LogP contribution in [0.25, 0.3) is 0 Å². The van der Waals surface area contributed by atoms with Gasteiger partial charge in [-0.1, -0.05) is 50.4 Å². The highest BCUT2D eigenvalue weighted by Crippen LogP contribution is 2.26. The average Bonchev–Trinajstić information content (AvgIpc) is 3.07. The summed E-state index contributed by atoms with van der Waals surface area (Å²) >= 11 is 5.94. The summed E-state index contributed by atoms with van der Waals surface area (Å²) in [5, 5.41) is 3.22. The standard InChI is InChI=1S/C19H28ClNO3S/c1-14(2)7-12-18(15-8-10-16(20)11-9-15)21-19(22)13-25(23,24)17-5-3-4-6-17/h8-11,14,17-18H,3-7,12-13H2,1-2H3,(H,21,22). The Labute approximate surface area is 156 Å². The van der Waals surface area contributed by atoms with Gasteiger partial charge in [0, 0.05) is 5.02 Å². The van der Waals surface area contributed by atoms with Gasteiger partial charge in [0.05, 0.1) is 11.3 Å². The molecule has 1 aliphatic carbocycles. The number of hydrogen-bond acceptors (Lipinski definition) is 3. The smallest absolute Gasteiger partial charge is 0.235 e. The van der Waals surface area contributed by atoms with Gasteiger partial charge in [-0.25, -0.2) is 8.42 Å². The fraction of sp³-hybridized carbons (Fsp3) is 0.632. The van der Waals surface area contributed by atoms with E-state index in [2.05, 4.69) is 19.2 Å². The van der Waals surface area contributed by atoms with Gasteiger partial charge in [-0.2, -0.15) is 0 Å². The van der Waals surface area contributed by atoms with E-state index in [1.54, 1.807) is 12.1 Å². The summed E-state index contributed by atoms with van der Waals surface area (Å²) in [5.41, 5.74) is 0.955. The molecule has 0 radical (unpaired) electrons. The first kappa shape index (κ1) is 20.2. The highest BCUT2D eigenvalue weighted by Gasteiger charge is 2.31. The van der Waals surface area contributed by atoms with E-state index in [0.717, 1.165) is 31.2 Å². The van der Waals surface area contributed by atoms with E-state index in [1.165, 1.54) is 0 Å². The average molecular weight is 386 g/mol. The second kappa shape index (κ2) is 9.04. The largest absolute Gasteiger partial charge is 0.348 e. The van der Waals surface area contributed by atoms with Crippen molar-refractivity contribution in [3.05, 3.63) is 34.9 Å². The molecule has 0 aromatic heterocycles. The Kier molecular flexibility index (Phi) is 7.32. The van der Waals surface area contributed by atoms with E-state index in [9.17, 15) is 13.2 Å². The van der Waals surface area contributed by atoms with Crippen LogP contribution in [0.4, 0.5) is 0 Å². The summed E-state index contributed by atoms with van der Waals surface area (Å²) in [5.74, 6) is -0.312. The van der Waals surface area contributed by atoms with Crippen molar-refractivity contribution < 1.29 is 13.2 Å². The monoisotopic (exact) mass is 385 g/mol. The summed E-state index contributed by atoms with van der Waals surface area (Å²) in [7, 11) is -3.36. The van der Waals surface area contributed by atoms with Crippen LogP contribution in [0.1, 0.15) is 64.0 Å². The van der Waals surface area contributed by atoms with Crippen LogP contribution in [0.2, 0.25) is 5.02 Å². The molecule has 1 saturated carbocycles. The highest BCUT2D eigenvalue weighted by atomic mass is 35.5. The molecule has 6 heteroatoms. The molecular weight excluding hydrogens is 358 g/mol. The van der Waals surface area contributed by atoms with Crippen LogP contribution in [0, 0.1) is 5.92 Å². The normalized spacial score (nSPS) is 17.0. The minimum absolute atomic E-state index is 0.189. The molecule has 0 heterocycles. The fourth-order valence-electron chi connectivity index (χ4n) is 3.30. The van der Waals surface area contributed by atoms with Crippen LogP contribution >= 0.6 is 11.6 Å². The lowest BCUT2D eigenvalue weighted by Gasteiger charge is -2.21. The van der Waals surface area contributed by atoms with Gasteiger partial charge in [0.2, 0.25) is 5.91 Å². The highest BCUT2D eigenvalue weighted by molar-refractivity contribution is 7.92. The minimum atomic E-state index is -3.36. The van der Waals surface area contributed by atoms with Crippen molar-refractivity contribution in [3.8, 4) is 0 Å². The molecule has 2 rings (SSSR count). The molecule has 4 nitrogen and oxygen atoms in total. The second-order valence-electron chi connectivity index (χ2n) is 7.36. The van der Waals surface area contributed by atoms with Crippen LogP contribution < -0.4 is 5.32 Å². The second-order valence-corrected chi connectivity index (χ2v) is 10.1. The maximum absolute atomic E-state index is 12.4. The summed E-state index contributed by atoms with van der Waals surface area (Å²) in [6, 6.07) is 7.17. The predicted molar refractivity (Wildman–Crippen MR) is 102 cm³/mol. The molecule has 1 aliphatic rings. The van der Waals surface area contributed by atoms with Crippen LogP contribution in [-0.4, -0.2) is 25.3 Å². The number of benzene rings is 1. The van der Waals surface area contributed by atoms with Crippen molar-refractivity contribution in [2.45, 2.75) is 63.7 Å². The lowest BCUT2D eigenvalue weighted by atomic mass is 9.97. The van der Waals surface area contributed by atoms with Gasteiger partial charge in [0.25, 0.3) is 0 Å². The summed E-state index contributed by atoms with van der Waals surface area (Å²) in [4.78, 5) is 12.4. The number of rotatable bonds is 8. The SMILES string of the molecule is CC(C)CCC(NC(=O)CS(=O)(=O)C1CCCC1)c1ccc(Cl)cc1. The molecule has 25 heavy (non-hydrogen) atoms. The molecule has 0 aliphatic heterocycles. The lowest BCUT2D eigenvalue weighted by Crippen LogP contribution is -2.36. The Balaban J connectivity index is 2.04. The van der Waals surface area contributed by atoms with Gasteiger partial charge < -0.3 is 5.32 Å². The molecule has 0 saturated heterocycles. The number of carbonyl (C=O) groups excluding carboxylic acids is 1. The number of carbonyl (C=O) groups is 1. The Morgan fingerprint density at radius 3 is 2.32 bits per heavy atom. The van der Waals surface area contributed by atoms with Crippen molar-refractivity contribution in [1.29, 1.82) is 0 Å². The molecular formula is C19H28ClNO3S. The Hall–Kier alpha value is -1.07. The van der Waals surface area contributed by atoms with E-state index in [-0.39, 0.29) is 11.3 Å². The van der Waals surface area contributed by atoms with Crippen LogP contribution in [0.5, 0.6) is 0 Å². The molecule has 1 amide bonds. The van der Waals surface area contributed by atoms with E-state index < -0.39 is 21.5 Å². The molecule has 1 N–H and O–H groups in total. The molecule has 0 bridgehead atoms. The molecule has 0 spiro atoms. The Morgan fingerprint density at radius 1 is 1.16 bits per heavy atom. The maximum atomic E-state index is 12.4. The third-order valence-corrected chi connectivity index (χ3v) is 7.19. The molecule has 140 valence electrons. The zero-order valence-electron chi connectivity index (χ0n) is 15.0. The van der Waals surface area contributed by atoms with Crippen LogP contribution in [0.3, 0.4) is 0 Å². The van der Waals surface area contributed by atoms with Gasteiger partial charge >= 0.3 is 0 Å². The van der Waals surface area contributed by atoms with Crippen molar-refractivity contribution in [3.63, 3.8) is 0 Å². The van der Waals surface area contributed by atoms with E-state index in [4.69, 9.17) is 11.6 Å². The maximum Gasteiger partial charge on any atom is 0.235 e. The minimum Gasteiger partial charge on any atom is -0.348 e. The number of amides is 1. The first-order valence-corrected chi connectivity index (χ1v) is 11.1. The molecule has 1 fully saturated rings. The van der Waals surface area contributed by atoms with Crippen molar-refractivity contribution >= 4 is 27.3 Å². The van der Waals surface area contributed by atoms with Crippen LogP contribution in [-0.2, 0) is 14.6 Å². The number of sulfone groups is 1. The zero-order valence-corrected chi connectivity index (χ0v) is 16.6. The Morgan fingerprint density at radius 2 is 1.76 bits per heavy atom. The fourth-order valence-corrected chi connectivity index (χ4v) is 5.16. The van der Waals surface area contributed by atoms with Crippen LogP contribution in [0.15, 0.2) is 24.3 Å². The quantitative estimate of drug-likeness (QED) is 0.725. The summed E-state index contributed by atoms with van der Waals surface area (Å²) < 4.78 is 24.8. The lowest BCUT2D eigenvalue weighted by molar-refractivity contribution is -0.119. The van der Waals surface area contributed by atoms with Gasteiger partial charge in [-0.15, -0.1) is 0 Å². The number of hydrogen-bond donors (Lipinski definition) is 1. The third-order valence-electron chi connectivity index (χ3n) is 4.78. The molecule has 1 unspecified atom stereocenters. The van der Waals surface area contributed by atoms with Crippen molar-refractivity contribution in [2.24, 2.45) is 5.92 Å². The van der Waals surface area contributed by atoms with Crippen molar-refractivity contribution in [2.75, 3.05) is 5.75 Å². The van der Waals surface area contributed by atoms with Gasteiger partial charge in [-0.3, -0.25) is 4.79 Å². The summed E-state index contributed by atoms with van der Waals surface area (Å²) in [6.07, 6.45) is 4.96. The number of nitrogens with one attached hydrogen (secondary N) is 1. The third kappa shape index (κ3) is 6.30. The topological polar surface area (TPSA) is 63.2 Å². The number of halogens is 1. The van der Waals surface area contributed by atoms with Crippen molar-refractivity contribution in [1.82, 2.24) is 5.32 Å². The zero-order chi connectivity index (χ0) is 18.4. The first-order valence-electron chi connectivity index (χ1n) is 9.04.